The zero-order valence-corrected chi connectivity index (χ0v) is 17.4. The van der Waals surface area contributed by atoms with Crippen LogP contribution in [0, 0.1) is 0 Å². The van der Waals surface area contributed by atoms with Crippen molar-refractivity contribution in [2.75, 3.05) is 32.3 Å². The molecule has 2 aromatic carbocycles. The summed E-state index contributed by atoms with van der Waals surface area (Å²) >= 11 is 0. The first kappa shape index (κ1) is 20.5. The minimum atomic E-state index is -0.716. The predicted octanol–water partition coefficient (Wildman–Crippen LogP) is 3.03. The molecule has 1 aromatic heterocycles. The van der Waals surface area contributed by atoms with Crippen molar-refractivity contribution < 1.29 is 23.8 Å². The Balaban J connectivity index is 1.46. The lowest BCUT2D eigenvalue weighted by Crippen LogP contribution is -2.38. The molecule has 0 N–H and O–H groups in total. The third-order valence-electron chi connectivity index (χ3n) is 5.15. The molecule has 160 valence electrons. The Labute approximate surface area is 179 Å². The first-order valence-corrected chi connectivity index (χ1v) is 9.94. The SMILES string of the molecule is COc1ccc2c(c1)CCCN2C(=O)COC(=O)c1nn(-c2ccccc2)cc1OC. The number of amides is 1. The van der Waals surface area contributed by atoms with E-state index < -0.39 is 5.97 Å². The van der Waals surface area contributed by atoms with E-state index in [1.54, 1.807) is 18.2 Å². The summed E-state index contributed by atoms with van der Waals surface area (Å²) in [6.07, 6.45) is 3.29. The van der Waals surface area contributed by atoms with E-state index in [-0.39, 0.29) is 24.0 Å². The number of methoxy groups -OCH3 is 2. The summed E-state index contributed by atoms with van der Waals surface area (Å²) < 4.78 is 17.4. The summed E-state index contributed by atoms with van der Waals surface area (Å²) in [4.78, 5) is 27.1. The highest BCUT2D eigenvalue weighted by Crippen LogP contribution is 2.30. The lowest BCUT2D eigenvalue weighted by Gasteiger charge is -2.29. The Morgan fingerprint density at radius 1 is 1.06 bits per heavy atom. The van der Waals surface area contributed by atoms with Gasteiger partial charge >= 0.3 is 5.97 Å². The highest BCUT2D eigenvalue weighted by Gasteiger charge is 2.26. The molecule has 2 heterocycles. The number of ether oxygens (including phenoxy) is 3. The third kappa shape index (κ3) is 4.23. The molecule has 3 aromatic rings. The summed E-state index contributed by atoms with van der Waals surface area (Å²) in [7, 11) is 3.06. The van der Waals surface area contributed by atoms with Crippen LogP contribution < -0.4 is 14.4 Å². The van der Waals surface area contributed by atoms with E-state index in [0.717, 1.165) is 35.5 Å². The number of hydrogen-bond acceptors (Lipinski definition) is 6. The van der Waals surface area contributed by atoms with Crippen LogP contribution in [0.3, 0.4) is 0 Å². The number of carbonyl (C=O) groups excluding carboxylic acids is 2. The van der Waals surface area contributed by atoms with E-state index in [1.165, 1.54) is 11.8 Å². The van der Waals surface area contributed by atoms with Crippen LogP contribution in [0.2, 0.25) is 0 Å². The molecule has 0 saturated carbocycles. The highest BCUT2D eigenvalue weighted by atomic mass is 16.5. The van der Waals surface area contributed by atoms with Gasteiger partial charge in [-0.15, -0.1) is 0 Å². The number of aromatic nitrogens is 2. The highest BCUT2D eigenvalue weighted by molar-refractivity contribution is 5.98. The van der Waals surface area contributed by atoms with Gasteiger partial charge in [-0.05, 0) is 48.7 Å². The molecule has 0 radical (unpaired) electrons. The normalized spacial score (nSPS) is 12.8. The standard InChI is InChI=1S/C23H23N3O5/c1-29-18-10-11-19-16(13-18)7-6-12-25(19)21(27)15-31-23(28)22-20(30-2)14-26(24-22)17-8-4-3-5-9-17/h3-5,8-11,13-14H,6-7,12,15H2,1-2H3. The molecule has 8 nitrogen and oxygen atoms in total. The molecular formula is C23H23N3O5. The lowest BCUT2D eigenvalue weighted by atomic mass is 10.0. The van der Waals surface area contributed by atoms with Crippen LogP contribution in [0.5, 0.6) is 11.5 Å². The van der Waals surface area contributed by atoms with Crippen LogP contribution >= 0.6 is 0 Å². The Hall–Kier alpha value is -3.81. The van der Waals surface area contributed by atoms with Gasteiger partial charge in [0, 0.05) is 12.2 Å². The van der Waals surface area contributed by atoms with Crippen molar-refractivity contribution in [1.82, 2.24) is 9.78 Å². The van der Waals surface area contributed by atoms with Gasteiger partial charge in [0.25, 0.3) is 5.91 Å². The topological polar surface area (TPSA) is 82.9 Å². The van der Waals surface area contributed by atoms with Crippen molar-refractivity contribution in [3.8, 4) is 17.2 Å². The van der Waals surface area contributed by atoms with Crippen LogP contribution in [0.25, 0.3) is 5.69 Å². The van der Waals surface area contributed by atoms with Crippen molar-refractivity contribution in [1.29, 1.82) is 0 Å². The van der Waals surface area contributed by atoms with E-state index in [0.29, 0.717) is 6.54 Å². The number of nitrogens with zero attached hydrogens (tertiary/aromatic N) is 3. The van der Waals surface area contributed by atoms with Gasteiger partial charge in [-0.1, -0.05) is 18.2 Å². The smallest absolute Gasteiger partial charge is 0.363 e. The maximum atomic E-state index is 12.8. The second kappa shape index (κ2) is 8.91. The number of esters is 1. The molecule has 0 bridgehead atoms. The molecule has 0 atom stereocenters. The second-order valence-electron chi connectivity index (χ2n) is 7.05. The Morgan fingerprint density at radius 2 is 1.87 bits per heavy atom. The summed E-state index contributed by atoms with van der Waals surface area (Å²) in [5, 5.41) is 4.28. The number of fused-ring (bicyclic) bond motifs is 1. The fourth-order valence-corrected chi connectivity index (χ4v) is 3.59. The molecule has 0 aliphatic carbocycles. The average molecular weight is 421 g/mol. The van der Waals surface area contributed by atoms with Gasteiger partial charge in [-0.3, -0.25) is 4.79 Å². The number of benzene rings is 2. The lowest BCUT2D eigenvalue weighted by molar-refractivity contribution is -0.121. The summed E-state index contributed by atoms with van der Waals surface area (Å²) in [6, 6.07) is 14.9. The molecule has 0 fully saturated rings. The molecule has 1 amide bonds. The molecule has 0 unspecified atom stereocenters. The second-order valence-corrected chi connectivity index (χ2v) is 7.05. The maximum Gasteiger partial charge on any atom is 0.363 e. The minimum absolute atomic E-state index is 0.0166. The first-order chi connectivity index (χ1) is 15.1. The van der Waals surface area contributed by atoms with Crippen LogP contribution in [0.15, 0.2) is 54.7 Å². The molecular weight excluding hydrogens is 398 g/mol. The molecule has 1 aliphatic rings. The number of para-hydroxylation sites is 1. The zero-order valence-electron chi connectivity index (χ0n) is 17.4. The van der Waals surface area contributed by atoms with Crippen molar-refractivity contribution in [3.63, 3.8) is 0 Å². The Morgan fingerprint density at radius 3 is 2.61 bits per heavy atom. The third-order valence-corrected chi connectivity index (χ3v) is 5.15. The summed E-state index contributed by atoms with van der Waals surface area (Å²) in [5.41, 5.74) is 2.65. The fourth-order valence-electron chi connectivity index (χ4n) is 3.59. The van der Waals surface area contributed by atoms with Crippen molar-refractivity contribution >= 4 is 17.6 Å². The van der Waals surface area contributed by atoms with E-state index in [2.05, 4.69) is 5.10 Å². The van der Waals surface area contributed by atoms with Gasteiger partial charge in [0.15, 0.2) is 12.4 Å². The molecule has 1 aliphatic heterocycles. The van der Waals surface area contributed by atoms with Crippen LogP contribution in [0.4, 0.5) is 5.69 Å². The van der Waals surface area contributed by atoms with Crippen LogP contribution in [-0.2, 0) is 16.0 Å². The monoisotopic (exact) mass is 421 g/mol. The number of aryl methyl sites for hydroxylation is 1. The maximum absolute atomic E-state index is 12.8. The van der Waals surface area contributed by atoms with E-state index in [4.69, 9.17) is 14.2 Å². The van der Waals surface area contributed by atoms with Crippen molar-refractivity contribution in [3.05, 3.63) is 66.0 Å². The summed E-state index contributed by atoms with van der Waals surface area (Å²) in [5.74, 6) is 0.0186. The quantitative estimate of drug-likeness (QED) is 0.569. The largest absolute Gasteiger partial charge is 0.497 e. The minimum Gasteiger partial charge on any atom is -0.497 e. The van der Waals surface area contributed by atoms with E-state index in [9.17, 15) is 9.59 Å². The number of rotatable bonds is 6. The predicted molar refractivity (Wildman–Crippen MR) is 114 cm³/mol. The van der Waals surface area contributed by atoms with Crippen LogP contribution in [-0.4, -0.2) is 49.0 Å². The van der Waals surface area contributed by atoms with Crippen molar-refractivity contribution in [2.24, 2.45) is 0 Å². The van der Waals surface area contributed by atoms with E-state index >= 15 is 0 Å². The molecule has 0 spiro atoms. The molecule has 31 heavy (non-hydrogen) atoms. The fraction of sp³-hybridized carbons (Fsp3) is 0.261. The van der Waals surface area contributed by atoms with Crippen molar-refractivity contribution in [2.45, 2.75) is 12.8 Å². The van der Waals surface area contributed by atoms with Gasteiger partial charge in [-0.2, -0.15) is 5.10 Å². The Bertz CT molecular complexity index is 1090. The van der Waals surface area contributed by atoms with Gasteiger partial charge in [0.2, 0.25) is 5.69 Å². The molecule has 4 rings (SSSR count). The number of hydrogen-bond donors (Lipinski definition) is 0. The van der Waals surface area contributed by atoms with Gasteiger partial charge in [0.05, 0.1) is 26.1 Å². The number of anilines is 1. The molecule has 8 heteroatoms. The van der Waals surface area contributed by atoms with E-state index in [1.807, 2.05) is 48.5 Å². The number of carbonyl (C=O) groups is 2. The summed E-state index contributed by atoms with van der Waals surface area (Å²) in [6.45, 7) is 0.188. The van der Waals surface area contributed by atoms with Gasteiger partial charge in [0.1, 0.15) is 5.75 Å². The molecule has 0 saturated heterocycles. The Kier molecular flexibility index (Phi) is 5.88. The van der Waals surface area contributed by atoms with Gasteiger partial charge < -0.3 is 19.1 Å². The van der Waals surface area contributed by atoms with Crippen LogP contribution in [0.1, 0.15) is 22.5 Å². The van der Waals surface area contributed by atoms with Gasteiger partial charge in [-0.25, -0.2) is 9.48 Å². The first-order valence-electron chi connectivity index (χ1n) is 9.94. The zero-order chi connectivity index (χ0) is 21.8. The average Bonchev–Trinajstić information content (AvgIpc) is 3.26.